The first-order chi connectivity index (χ1) is 10.6. The van der Waals surface area contributed by atoms with Crippen LogP contribution in [0.25, 0.3) is 22.1 Å². The highest BCUT2D eigenvalue weighted by atomic mass is 16.4. The maximum absolute atomic E-state index is 12.2. The topological polar surface area (TPSA) is 67.5 Å². The molecule has 0 amide bonds. The zero-order valence-corrected chi connectivity index (χ0v) is 11.8. The minimum atomic E-state index is -0.915. The molecule has 0 saturated heterocycles. The first-order valence-electron chi connectivity index (χ1n) is 6.97. The number of carboxylic acids is 1. The van der Waals surface area contributed by atoms with Crippen LogP contribution in [0.1, 0.15) is 12.2 Å². The molecule has 0 unspecified atom stereocenters. The van der Waals surface area contributed by atoms with E-state index in [0.29, 0.717) is 16.7 Å². The van der Waals surface area contributed by atoms with E-state index in [1.807, 2.05) is 36.4 Å². The number of aryl methyl sites for hydroxylation is 1. The Morgan fingerprint density at radius 2 is 1.77 bits per heavy atom. The number of rotatable bonds is 4. The summed E-state index contributed by atoms with van der Waals surface area (Å²) in [6.45, 7) is 0. The van der Waals surface area contributed by atoms with Crippen LogP contribution in [0.15, 0.2) is 63.8 Å². The zero-order chi connectivity index (χ0) is 15.5. The third-order valence-electron chi connectivity index (χ3n) is 3.47. The van der Waals surface area contributed by atoms with Gasteiger partial charge in [-0.25, -0.2) is 0 Å². The molecular weight excluding hydrogens is 280 g/mol. The van der Waals surface area contributed by atoms with Gasteiger partial charge in [0.2, 0.25) is 0 Å². The number of aliphatic carboxylic acids is 1. The van der Waals surface area contributed by atoms with Crippen LogP contribution in [0.5, 0.6) is 0 Å². The molecule has 3 aromatic rings. The van der Waals surface area contributed by atoms with Crippen LogP contribution in [0, 0.1) is 0 Å². The minimum absolute atomic E-state index is 0.0590. The summed E-state index contributed by atoms with van der Waals surface area (Å²) in [5, 5.41) is 9.20. The fraction of sp³-hybridized carbons (Fsp3) is 0.111. The van der Waals surface area contributed by atoms with Crippen molar-refractivity contribution in [2.75, 3.05) is 0 Å². The number of hydrogen-bond acceptors (Lipinski definition) is 3. The molecule has 3 rings (SSSR count). The van der Waals surface area contributed by atoms with Crippen molar-refractivity contribution in [3.05, 3.63) is 70.6 Å². The van der Waals surface area contributed by atoms with Crippen molar-refractivity contribution in [2.24, 2.45) is 0 Å². The van der Waals surface area contributed by atoms with Gasteiger partial charge in [-0.15, -0.1) is 0 Å². The van der Waals surface area contributed by atoms with Crippen molar-refractivity contribution >= 4 is 16.9 Å². The van der Waals surface area contributed by atoms with Gasteiger partial charge in [-0.2, -0.15) is 0 Å². The summed E-state index contributed by atoms with van der Waals surface area (Å²) in [5.74, 6) is -0.519. The van der Waals surface area contributed by atoms with E-state index in [1.165, 1.54) is 6.07 Å². The van der Waals surface area contributed by atoms with E-state index in [9.17, 15) is 9.59 Å². The highest BCUT2D eigenvalue weighted by Gasteiger charge is 2.08. The average Bonchev–Trinajstić information content (AvgIpc) is 2.53. The quantitative estimate of drug-likeness (QED) is 0.800. The molecule has 0 atom stereocenters. The molecule has 4 heteroatoms. The number of fused-ring (bicyclic) bond motifs is 1. The first-order valence-corrected chi connectivity index (χ1v) is 6.97. The minimum Gasteiger partial charge on any atom is -0.481 e. The summed E-state index contributed by atoms with van der Waals surface area (Å²) in [4.78, 5) is 22.8. The highest BCUT2D eigenvalue weighted by Crippen LogP contribution is 2.23. The van der Waals surface area contributed by atoms with Crippen LogP contribution < -0.4 is 5.43 Å². The SMILES string of the molecule is O=C(O)CCc1cc(=O)c2cc(-c3ccccc3)ccc2o1. The van der Waals surface area contributed by atoms with Crippen LogP contribution >= 0.6 is 0 Å². The maximum atomic E-state index is 12.2. The maximum Gasteiger partial charge on any atom is 0.303 e. The molecule has 0 bridgehead atoms. The van der Waals surface area contributed by atoms with Gasteiger partial charge in [-0.3, -0.25) is 9.59 Å². The Morgan fingerprint density at radius 1 is 1.00 bits per heavy atom. The van der Waals surface area contributed by atoms with E-state index < -0.39 is 5.97 Å². The predicted molar refractivity (Wildman–Crippen MR) is 83.9 cm³/mol. The summed E-state index contributed by atoms with van der Waals surface area (Å²) in [6.07, 6.45) is 0.150. The van der Waals surface area contributed by atoms with Gasteiger partial charge in [0.05, 0.1) is 11.8 Å². The van der Waals surface area contributed by atoms with E-state index in [2.05, 4.69) is 0 Å². The fourth-order valence-corrected chi connectivity index (χ4v) is 2.37. The van der Waals surface area contributed by atoms with E-state index in [-0.39, 0.29) is 18.3 Å². The van der Waals surface area contributed by atoms with Crippen LogP contribution in [0.2, 0.25) is 0 Å². The summed E-state index contributed by atoms with van der Waals surface area (Å²) < 4.78 is 5.62. The molecule has 110 valence electrons. The molecule has 0 fully saturated rings. The normalized spacial score (nSPS) is 10.7. The van der Waals surface area contributed by atoms with Gasteiger partial charge >= 0.3 is 5.97 Å². The monoisotopic (exact) mass is 294 g/mol. The predicted octanol–water partition coefficient (Wildman–Crippen LogP) is 3.48. The third kappa shape index (κ3) is 2.91. The fourth-order valence-electron chi connectivity index (χ4n) is 2.37. The molecule has 1 aromatic heterocycles. The molecule has 1 N–H and O–H groups in total. The van der Waals surface area contributed by atoms with E-state index in [4.69, 9.17) is 9.52 Å². The van der Waals surface area contributed by atoms with Crippen molar-refractivity contribution in [2.45, 2.75) is 12.8 Å². The summed E-state index contributed by atoms with van der Waals surface area (Å²) in [5.41, 5.74) is 2.30. The Labute approximate surface area is 126 Å². The number of hydrogen-bond donors (Lipinski definition) is 1. The lowest BCUT2D eigenvalue weighted by atomic mass is 10.0. The molecule has 0 aliphatic heterocycles. The van der Waals surface area contributed by atoms with Crippen molar-refractivity contribution in [3.8, 4) is 11.1 Å². The Morgan fingerprint density at radius 3 is 2.50 bits per heavy atom. The number of benzene rings is 2. The van der Waals surface area contributed by atoms with Crippen LogP contribution in [0.4, 0.5) is 0 Å². The number of carbonyl (C=O) groups is 1. The van der Waals surface area contributed by atoms with Gasteiger partial charge in [0.25, 0.3) is 0 Å². The Hall–Kier alpha value is -2.88. The molecule has 1 heterocycles. The number of carboxylic acid groups (broad SMARTS) is 1. The van der Waals surface area contributed by atoms with Crippen molar-refractivity contribution in [3.63, 3.8) is 0 Å². The lowest BCUT2D eigenvalue weighted by Gasteiger charge is -2.05. The summed E-state index contributed by atoms with van der Waals surface area (Å²) in [7, 11) is 0. The summed E-state index contributed by atoms with van der Waals surface area (Å²) in [6, 6.07) is 16.6. The second-order valence-corrected chi connectivity index (χ2v) is 5.05. The van der Waals surface area contributed by atoms with Gasteiger partial charge in [0.15, 0.2) is 5.43 Å². The standard InChI is InChI=1S/C18H14O4/c19-16-11-14(7-9-18(20)21)22-17-8-6-13(10-15(16)17)12-4-2-1-3-5-12/h1-6,8,10-11H,7,9H2,(H,20,21). The molecular formula is C18H14O4. The average molecular weight is 294 g/mol. The molecule has 0 spiro atoms. The molecule has 2 aromatic carbocycles. The Balaban J connectivity index is 2.03. The molecule has 0 aliphatic rings. The largest absolute Gasteiger partial charge is 0.481 e. The van der Waals surface area contributed by atoms with E-state index in [0.717, 1.165) is 11.1 Å². The van der Waals surface area contributed by atoms with E-state index in [1.54, 1.807) is 12.1 Å². The molecule has 0 aliphatic carbocycles. The second-order valence-electron chi connectivity index (χ2n) is 5.05. The Kier molecular flexibility index (Phi) is 3.74. The van der Waals surface area contributed by atoms with Crippen molar-refractivity contribution in [1.82, 2.24) is 0 Å². The third-order valence-corrected chi connectivity index (χ3v) is 3.47. The molecule has 0 radical (unpaired) electrons. The molecule has 0 saturated carbocycles. The highest BCUT2D eigenvalue weighted by molar-refractivity contribution is 5.83. The lowest BCUT2D eigenvalue weighted by molar-refractivity contribution is -0.137. The lowest BCUT2D eigenvalue weighted by Crippen LogP contribution is -2.04. The van der Waals surface area contributed by atoms with Gasteiger partial charge in [-0.05, 0) is 23.3 Å². The van der Waals surface area contributed by atoms with Crippen molar-refractivity contribution < 1.29 is 14.3 Å². The first kappa shape index (κ1) is 14.1. The smallest absolute Gasteiger partial charge is 0.303 e. The Bertz CT molecular complexity index is 878. The molecule has 4 nitrogen and oxygen atoms in total. The van der Waals surface area contributed by atoms with E-state index >= 15 is 0 Å². The van der Waals surface area contributed by atoms with Crippen molar-refractivity contribution in [1.29, 1.82) is 0 Å². The van der Waals surface area contributed by atoms with Crippen LogP contribution in [-0.2, 0) is 11.2 Å². The van der Waals surface area contributed by atoms with Gasteiger partial charge < -0.3 is 9.52 Å². The summed E-state index contributed by atoms with van der Waals surface area (Å²) >= 11 is 0. The van der Waals surface area contributed by atoms with Gasteiger partial charge in [0.1, 0.15) is 11.3 Å². The molecule has 22 heavy (non-hydrogen) atoms. The van der Waals surface area contributed by atoms with Crippen LogP contribution in [0.3, 0.4) is 0 Å². The zero-order valence-electron chi connectivity index (χ0n) is 11.8. The van der Waals surface area contributed by atoms with Crippen LogP contribution in [-0.4, -0.2) is 11.1 Å². The van der Waals surface area contributed by atoms with Gasteiger partial charge in [-0.1, -0.05) is 36.4 Å². The second kappa shape index (κ2) is 5.85. The van der Waals surface area contributed by atoms with Gasteiger partial charge in [0, 0.05) is 12.5 Å².